The van der Waals surface area contributed by atoms with E-state index in [1.54, 1.807) is 4.68 Å². The van der Waals surface area contributed by atoms with Gasteiger partial charge in [0.05, 0.1) is 12.5 Å². The second kappa shape index (κ2) is 5.63. The summed E-state index contributed by atoms with van der Waals surface area (Å²) in [5.41, 5.74) is 1.76. The summed E-state index contributed by atoms with van der Waals surface area (Å²) in [6, 6.07) is 7.53. The molecule has 0 spiro atoms. The molecule has 1 heterocycles. The molecule has 2 rings (SSSR count). The van der Waals surface area contributed by atoms with Gasteiger partial charge in [-0.25, -0.2) is 4.68 Å². The summed E-state index contributed by atoms with van der Waals surface area (Å²) in [6.07, 6.45) is -0.0204. The van der Waals surface area contributed by atoms with E-state index in [1.165, 1.54) is 0 Å². The second-order valence-corrected chi connectivity index (χ2v) is 6.29. The number of aliphatic carboxylic acids is 1. The Morgan fingerprint density at radius 1 is 1.29 bits per heavy atom. The first kappa shape index (κ1) is 15.2. The number of nitrogens with zero attached hydrogens (tertiary/aromatic N) is 4. The highest BCUT2D eigenvalue weighted by molar-refractivity contribution is 5.67. The molecule has 0 aliphatic rings. The van der Waals surface area contributed by atoms with E-state index >= 15 is 0 Å². The summed E-state index contributed by atoms with van der Waals surface area (Å²) in [6.45, 7) is 7.97. The van der Waals surface area contributed by atoms with Crippen molar-refractivity contribution in [2.45, 2.75) is 40.2 Å². The molecule has 1 aromatic heterocycles. The van der Waals surface area contributed by atoms with Crippen LogP contribution in [0.3, 0.4) is 0 Å². The van der Waals surface area contributed by atoms with Crippen molar-refractivity contribution < 1.29 is 9.90 Å². The van der Waals surface area contributed by atoms with Crippen LogP contribution in [-0.4, -0.2) is 31.3 Å². The normalized spacial score (nSPS) is 13.1. The fourth-order valence-electron chi connectivity index (χ4n) is 2.22. The van der Waals surface area contributed by atoms with Crippen LogP contribution in [0, 0.1) is 12.3 Å². The lowest BCUT2D eigenvalue weighted by atomic mass is 9.84. The van der Waals surface area contributed by atoms with Gasteiger partial charge in [-0.05, 0) is 22.8 Å². The molecule has 0 radical (unpaired) electrons. The van der Waals surface area contributed by atoms with Crippen LogP contribution in [0.5, 0.6) is 0 Å². The van der Waals surface area contributed by atoms with Gasteiger partial charge in [0.1, 0.15) is 0 Å². The number of aromatic nitrogens is 4. The maximum atomic E-state index is 11.2. The highest BCUT2D eigenvalue weighted by atomic mass is 16.4. The predicted molar refractivity (Wildman–Crippen MR) is 78.7 cm³/mol. The Morgan fingerprint density at radius 2 is 1.90 bits per heavy atom. The topological polar surface area (TPSA) is 80.9 Å². The zero-order valence-electron chi connectivity index (χ0n) is 12.7. The summed E-state index contributed by atoms with van der Waals surface area (Å²) < 4.78 is 1.62. The molecule has 2 aromatic rings. The van der Waals surface area contributed by atoms with Crippen LogP contribution in [-0.2, 0) is 4.79 Å². The van der Waals surface area contributed by atoms with Crippen LogP contribution in [0.15, 0.2) is 24.3 Å². The van der Waals surface area contributed by atoms with Gasteiger partial charge in [0, 0.05) is 5.56 Å². The monoisotopic (exact) mass is 288 g/mol. The summed E-state index contributed by atoms with van der Waals surface area (Å²) in [5.74, 6) is -0.267. The number of tetrazole rings is 1. The summed E-state index contributed by atoms with van der Waals surface area (Å²) in [7, 11) is 0. The number of carboxylic acid groups (broad SMARTS) is 1. The van der Waals surface area contributed by atoms with E-state index in [0.29, 0.717) is 5.82 Å². The van der Waals surface area contributed by atoms with Gasteiger partial charge in [0.25, 0.3) is 0 Å². The Bertz CT molecular complexity index is 626. The van der Waals surface area contributed by atoms with Crippen molar-refractivity contribution in [3.8, 4) is 11.4 Å². The molecule has 0 aliphatic heterocycles. The molecular weight excluding hydrogens is 268 g/mol. The van der Waals surface area contributed by atoms with Gasteiger partial charge in [-0.15, -0.1) is 5.10 Å². The van der Waals surface area contributed by atoms with Crippen LogP contribution in [0.25, 0.3) is 11.4 Å². The molecule has 1 N–H and O–H groups in total. The maximum Gasteiger partial charge on any atom is 0.305 e. The maximum absolute atomic E-state index is 11.2. The molecule has 6 heteroatoms. The Kier molecular flexibility index (Phi) is 4.06. The summed E-state index contributed by atoms with van der Waals surface area (Å²) >= 11 is 0. The van der Waals surface area contributed by atoms with Crippen LogP contribution < -0.4 is 0 Å². The first-order chi connectivity index (χ1) is 9.79. The fraction of sp³-hybridized carbons (Fsp3) is 0.467. The van der Waals surface area contributed by atoms with Gasteiger partial charge < -0.3 is 5.11 Å². The molecule has 1 unspecified atom stereocenters. The zero-order chi connectivity index (χ0) is 15.6. The smallest absolute Gasteiger partial charge is 0.305 e. The van der Waals surface area contributed by atoms with Crippen LogP contribution >= 0.6 is 0 Å². The van der Waals surface area contributed by atoms with Gasteiger partial charge in [-0.2, -0.15) is 0 Å². The quantitative estimate of drug-likeness (QED) is 0.935. The summed E-state index contributed by atoms with van der Waals surface area (Å²) in [4.78, 5) is 11.2. The molecule has 0 aliphatic carbocycles. The number of carbonyl (C=O) groups is 1. The fourth-order valence-corrected chi connectivity index (χ4v) is 2.22. The SMILES string of the molecule is Cc1ccc(-c2nnnn2C(CC(=O)O)C(C)(C)C)cc1. The third kappa shape index (κ3) is 3.45. The predicted octanol–water partition coefficient (Wildman–Crippen LogP) is 2.71. The van der Waals surface area contributed by atoms with Gasteiger partial charge in [-0.1, -0.05) is 50.6 Å². The molecule has 112 valence electrons. The minimum atomic E-state index is -0.861. The van der Waals surface area contributed by atoms with E-state index in [4.69, 9.17) is 5.11 Å². The number of benzene rings is 1. The van der Waals surface area contributed by atoms with Gasteiger partial charge in [-0.3, -0.25) is 4.79 Å². The molecule has 1 aromatic carbocycles. The molecule has 0 amide bonds. The van der Waals surface area contributed by atoms with Crippen LogP contribution in [0.2, 0.25) is 0 Å². The highest BCUT2D eigenvalue weighted by Crippen LogP contribution is 2.35. The molecule has 1 atom stereocenters. The third-order valence-corrected chi connectivity index (χ3v) is 3.47. The lowest BCUT2D eigenvalue weighted by Crippen LogP contribution is -2.28. The second-order valence-electron chi connectivity index (χ2n) is 6.29. The lowest BCUT2D eigenvalue weighted by Gasteiger charge is -2.29. The standard InChI is InChI=1S/C15H20N4O2/c1-10-5-7-11(8-6-10)14-16-17-18-19(14)12(9-13(20)21)15(2,3)4/h5-8,12H,9H2,1-4H3,(H,20,21). The summed E-state index contributed by atoms with van der Waals surface area (Å²) in [5, 5.41) is 21.0. The van der Waals surface area contributed by atoms with Crippen molar-refractivity contribution in [3.63, 3.8) is 0 Å². The van der Waals surface area contributed by atoms with E-state index in [0.717, 1.165) is 11.1 Å². The minimum absolute atomic E-state index is 0.0204. The first-order valence-corrected chi connectivity index (χ1v) is 6.85. The number of aryl methyl sites for hydroxylation is 1. The van der Waals surface area contributed by atoms with Gasteiger partial charge >= 0.3 is 5.97 Å². The molecule has 0 saturated heterocycles. The van der Waals surface area contributed by atoms with Crippen molar-refractivity contribution in [3.05, 3.63) is 29.8 Å². The highest BCUT2D eigenvalue weighted by Gasteiger charge is 2.32. The van der Waals surface area contributed by atoms with E-state index < -0.39 is 5.97 Å². The molecule has 0 saturated carbocycles. The van der Waals surface area contributed by atoms with Crippen molar-refractivity contribution >= 4 is 5.97 Å². The molecule has 0 fully saturated rings. The molecule has 21 heavy (non-hydrogen) atoms. The lowest BCUT2D eigenvalue weighted by molar-refractivity contribution is -0.138. The minimum Gasteiger partial charge on any atom is -0.481 e. The zero-order valence-corrected chi connectivity index (χ0v) is 12.7. The van der Waals surface area contributed by atoms with E-state index in [2.05, 4.69) is 15.5 Å². The molecule has 0 bridgehead atoms. The van der Waals surface area contributed by atoms with E-state index in [9.17, 15) is 4.79 Å². The average molecular weight is 288 g/mol. The number of hydrogen-bond acceptors (Lipinski definition) is 4. The molecular formula is C15H20N4O2. The van der Waals surface area contributed by atoms with Crippen molar-refractivity contribution in [2.24, 2.45) is 5.41 Å². The number of hydrogen-bond donors (Lipinski definition) is 1. The number of carboxylic acids is 1. The van der Waals surface area contributed by atoms with Crippen molar-refractivity contribution in [1.82, 2.24) is 20.2 Å². The van der Waals surface area contributed by atoms with E-state index in [-0.39, 0.29) is 17.9 Å². The Balaban J connectivity index is 2.46. The van der Waals surface area contributed by atoms with Crippen LogP contribution in [0.4, 0.5) is 0 Å². The van der Waals surface area contributed by atoms with Crippen LogP contribution in [0.1, 0.15) is 38.8 Å². The third-order valence-electron chi connectivity index (χ3n) is 3.47. The van der Waals surface area contributed by atoms with E-state index in [1.807, 2.05) is 52.0 Å². The Morgan fingerprint density at radius 3 is 2.43 bits per heavy atom. The first-order valence-electron chi connectivity index (χ1n) is 6.85. The van der Waals surface area contributed by atoms with Crippen molar-refractivity contribution in [1.29, 1.82) is 0 Å². The molecule has 6 nitrogen and oxygen atoms in total. The number of rotatable bonds is 4. The van der Waals surface area contributed by atoms with Gasteiger partial charge in [0.15, 0.2) is 5.82 Å². The Labute approximate surface area is 123 Å². The Hall–Kier alpha value is -2.24. The van der Waals surface area contributed by atoms with Gasteiger partial charge in [0.2, 0.25) is 0 Å². The largest absolute Gasteiger partial charge is 0.481 e. The average Bonchev–Trinajstić information content (AvgIpc) is 2.84. The van der Waals surface area contributed by atoms with Crippen molar-refractivity contribution in [2.75, 3.05) is 0 Å².